The molecular formula is C20H27N5O. The summed E-state index contributed by atoms with van der Waals surface area (Å²) in [4.78, 5) is 10.8. The van der Waals surface area contributed by atoms with E-state index in [1.54, 1.807) is 6.33 Å². The van der Waals surface area contributed by atoms with Crippen molar-refractivity contribution in [1.29, 1.82) is 0 Å². The quantitative estimate of drug-likeness (QED) is 0.610. The van der Waals surface area contributed by atoms with Crippen LogP contribution in [0.4, 0.5) is 11.6 Å². The lowest BCUT2D eigenvalue weighted by Crippen LogP contribution is -2.36. The number of anilines is 2. The number of unbranched alkanes of at least 4 members (excludes halogenated alkanes) is 1. The highest BCUT2D eigenvalue weighted by molar-refractivity contribution is 5.99. The van der Waals surface area contributed by atoms with Gasteiger partial charge in [-0.3, -0.25) is 5.43 Å². The second kappa shape index (κ2) is 9.29. The molecule has 26 heavy (non-hydrogen) atoms. The van der Waals surface area contributed by atoms with Crippen LogP contribution in [0.5, 0.6) is 0 Å². The fourth-order valence-corrected chi connectivity index (χ4v) is 2.87. The molecule has 0 amide bonds. The topological polar surface area (TPSA) is 62.6 Å². The minimum absolute atomic E-state index is 0.695. The number of benzene rings is 1. The number of aromatic nitrogens is 2. The van der Waals surface area contributed by atoms with Gasteiger partial charge in [0.05, 0.1) is 18.9 Å². The third-order valence-corrected chi connectivity index (χ3v) is 4.52. The van der Waals surface area contributed by atoms with E-state index in [0.717, 1.165) is 49.8 Å². The Bertz CT molecular complexity index is 723. The third kappa shape index (κ3) is 5.02. The number of hydrogen-bond donors (Lipinski definition) is 1. The molecule has 0 spiro atoms. The van der Waals surface area contributed by atoms with Gasteiger partial charge in [0, 0.05) is 19.2 Å². The van der Waals surface area contributed by atoms with Gasteiger partial charge in [-0.25, -0.2) is 9.97 Å². The Morgan fingerprint density at radius 3 is 2.69 bits per heavy atom. The highest BCUT2D eigenvalue weighted by Gasteiger charge is 2.12. The van der Waals surface area contributed by atoms with E-state index in [0.29, 0.717) is 5.82 Å². The van der Waals surface area contributed by atoms with Crippen molar-refractivity contribution >= 4 is 17.3 Å². The fraction of sp³-hybridized carbons (Fsp3) is 0.450. The summed E-state index contributed by atoms with van der Waals surface area (Å²) in [6, 6.07) is 10.6. The molecule has 0 saturated carbocycles. The van der Waals surface area contributed by atoms with Crippen molar-refractivity contribution in [3.63, 3.8) is 0 Å². The van der Waals surface area contributed by atoms with Crippen LogP contribution in [0.25, 0.3) is 0 Å². The van der Waals surface area contributed by atoms with Crippen LogP contribution in [0, 0.1) is 0 Å². The van der Waals surface area contributed by atoms with Crippen LogP contribution in [0.2, 0.25) is 0 Å². The molecule has 1 aromatic carbocycles. The van der Waals surface area contributed by atoms with Crippen LogP contribution in [-0.2, 0) is 11.2 Å². The van der Waals surface area contributed by atoms with Gasteiger partial charge in [-0.05, 0) is 30.9 Å². The molecule has 6 nitrogen and oxygen atoms in total. The maximum absolute atomic E-state index is 5.39. The summed E-state index contributed by atoms with van der Waals surface area (Å²) in [6.07, 6.45) is 5.15. The average molecular weight is 353 g/mol. The average Bonchev–Trinajstić information content (AvgIpc) is 2.72. The Kier molecular flexibility index (Phi) is 6.55. The van der Waals surface area contributed by atoms with Gasteiger partial charge in [-0.1, -0.05) is 37.6 Å². The van der Waals surface area contributed by atoms with Crippen molar-refractivity contribution in [2.45, 2.75) is 33.1 Å². The molecule has 1 fully saturated rings. The molecule has 0 radical (unpaired) electrons. The summed E-state index contributed by atoms with van der Waals surface area (Å²) in [7, 11) is 0. The second-order valence-corrected chi connectivity index (χ2v) is 6.47. The molecule has 1 N–H and O–H groups in total. The summed E-state index contributed by atoms with van der Waals surface area (Å²) in [5, 5.41) is 4.48. The molecule has 2 aromatic rings. The Labute approximate surface area is 155 Å². The van der Waals surface area contributed by atoms with E-state index in [2.05, 4.69) is 56.6 Å². The fourth-order valence-electron chi connectivity index (χ4n) is 2.87. The van der Waals surface area contributed by atoms with Crippen molar-refractivity contribution in [2.75, 3.05) is 36.6 Å². The highest BCUT2D eigenvalue weighted by Crippen LogP contribution is 2.16. The van der Waals surface area contributed by atoms with Gasteiger partial charge in [0.15, 0.2) is 5.82 Å². The Balaban J connectivity index is 1.63. The molecule has 6 heteroatoms. The van der Waals surface area contributed by atoms with Gasteiger partial charge >= 0.3 is 0 Å². The number of rotatable bonds is 7. The van der Waals surface area contributed by atoms with Crippen LogP contribution < -0.4 is 10.3 Å². The number of ether oxygens (including phenoxy) is 1. The lowest BCUT2D eigenvalue weighted by atomic mass is 10.0. The van der Waals surface area contributed by atoms with Crippen molar-refractivity contribution in [3.05, 3.63) is 47.8 Å². The van der Waals surface area contributed by atoms with E-state index >= 15 is 0 Å². The van der Waals surface area contributed by atoms with E-state index in [4.69, 9.17) is 4.74 Å². The predicted molar refractivity (Wildman–Crippen MR) is 106 cm³/mol. The van der Waals surface area contributed by atoms with Gasteiger partial charge in [0.2, 0.25) is 0 Å². The van der Waals surface area contributed by atoms with E-state index in [1.807, 2.05) is 13.0 Å². The lowest BCUT2D eigenvalue weighted by Gasteiger charge is -2.27. The maximum atomic E-state index is 5.39. The van der Waals surface area contributed by atoms with Gasteiger partial charge in [-0.15, -0.1) is 0 Å². The summed E-state index contributed by atoms with van der Waals surface area (Å²) in [5.74, 6) is 1.60. The van der Waals surface area contributed by atoms with Crippen LogP contribution >= 0.6 is 0 Å². The number of nitrogens with zero attached hydrogens (tertiary/aromatic N) is 4. The molecule has 0 bridgehead atoms. The Morgan fingerprint density at radius 2 is 1.96 bits per heavy atom. The zero-order valence-corrected chi connectivity index (χ0v) is 15.6. The normalized spacial score (nSPS) is 15.2. The summed E-state index contributed by atoms with van der Waals surface area (Å²) < 4.78 is 5.39. The monoisotopic (exact) mass is 353 g/mol. The second-order valence-electron chi connectivity index (χ2n) is 6.47. The molecular weight excluding hydrogens is 326 g/mol. The largest absolute Gasteiger partial charge is 0.378 e. The van der Waals surface area contributed by atoms with Crippen LogP contribution in [0.15, 0.2) is 41.8 Å². The first-order valence-electron chi connectivity index (χ1n) is 9.30. The summed E-state index contributed by atoms with van der Waals surface area (Å²) >= 11 is 0. The zero-order valence-electron chi connectivity index (χ0n) is 15.6. The minimum atomic E-state index is 0.695. The smallest absolute Gasteiger partial charge is 0.151 e. The highest BCUT2D eigenvalue weighted by atomic mass is 16.5. The molecule has 1 aliphatic rings. The number of hydrogen-bond acceptors (Lipinski definition) is 6. The summed E-state index contributed by atoms with van der Waals surface area (Å²) in [5.41, 5.74) is 6.47. The molecule has 0 unspecified atom stereocenters. The van der Waals surface area contributed by atoms with Gasteiger partial charge in [0.25, 0.3) is 0 Å². The van der Waals surface area contributed by atoms with E-state index in [1.165, 1.54) is 18.4 Å². The Morgan fingerprint density at radius 1 is 1.19 bits per heavy atom. The van der Waals surface area contributed by atoms with Crippen molar-refractivity contribution in [1.82, 2.24) is 9.97 Å². The number of nitrogens with one attached hydrogen (secondary N) is 1. The van der Waals surface area contributed by atoms with E-state index in [9.17, 15) is 0 Å². The molecule has 1 saturated heterocycles. The van der Waals surface area contributed by atoms with Gasteiger partial charge in [0.1, 0.15) is 12.1 Å². The van der Waals surface area contributed by atoms with Crippen LogP contribution in [0.1, 0.15) is 37.8 Å². The predicted octanol–water partition coefficient (Wildman–Crippen LogP) is 3.49. The lowest BCUT2D eigenvalue weighted by molar-refractivity contribution is 0.122. The molecule has 138 valence electrons. The first-order valence-corrected chi connectivity index (χ1v) is 9.30. The maximum Gasteiger partial charge on any atom is 0.151 e. The molecule has 1 aliphatic heterocycles. The van der Waals surface area contributed by atoms with Crippen molar-refractivity contribution in [2.24, 2.45) is 5.10 Å². The van der Waals surface area contributed by atoms with Crippen molar-refractivity contribution in [3.8, 4) is 0 Å². The summed E-state index contributed by atoms with van der Waals surface area (Å²) in [6.45, 7) is 7.38. The van der Waals surface area contributed by atoms with Gasteiger partial charge < -0.3 is 9.64 Å². The van der Waals surface area contributed by atoms with Crippen molar-refractivity contribution < 1.29 is 4.74 Å². The molecule has 0 aliphatic carbocycles. The Hall–Kier alpha value is -2.47. The number of hydrazone groups is 1. The standard InChI is InChI=1S/C20H27N5O/c1-3-4-5-17-6-8-18(9-7-17)16(2)23-24-19-14-20(22-15-21-19)25-10-12-26-13-11-25/h6-9,14-15H,3-5,10-13H2,1-2H3,(H,21,22,24)/b23-16+. The molecule has 0 atom stereocenters. The number of aryl methyl sites for hydroxylation is 1. The first-order chi connectivity index (χ1) is 12.8. The van der Waals surface area contributed by atoms with Crippen LogP contribution in [-0.4, -0.2) is 42.0 Å². The number of morpholine rings is 1. The van der Waals surface area contributed by atoms with Gasteiger partial charge in [-0.2, -0.15) is 5.10 Å². The SMILES string of the molecule is CCCCc1ccc(/C(C)=N/Nc2cc(N3CCOCC3)ncn2)cc1. The zero-order chi connectivity index (χ0) is 18.2. The molecule has 2 heterocycles. The molecule has 1 aromatic heterocycles. The third-order valence-electron chi connectivity index (χ3n) is 4.52. The molecule has 3 rings (SSSR count). The first kappa shape index (κ1) is 18.3. The minimum Gasteiger partial charge on any atom is -0.378 e. The van der Waals surface area contributed by atoms with E-state index in [-0.39, 0.29) is 0 Å². The van der Waals surface area contributed by atoms with E-state index < -0.39 is 0 Å². The van der Waals surface area contributed by atoms with Crippen LogP contribution in [0.3, 0.4) is 0 Å².